The summed E-state index contributed by atoms with van der Waals surface area (Å²) >= 11 is 0. The molecule has 1 aromatic heterocycles. The highest BCUT2D eigenvalue weighted by molar-refractivity contribution is 5.41. The summed E-state index contributed by atoms with van der Waals surface area (Å²) in [6.45, 7) is 2.20. The normalized spacial score (nSPS) is 16.6. The Morgan fingerprint density at radius 2 is 2.16 bits per heavy atom. The van der Waals surface area contributed by atoms with E-state index in [2.05, 4.69) is 27.1 Å². The summed E-state index contributed by atoms with van der Waals surface area (Å²) in [7, 11) is 0. The molecular formula is C15H20N4. The molecule has 0 spiro atoms. The molecule has 0 radical (unpaired) electrons. The van der Waals surface area contributed by atoms with Crippen LogP contribution in [0, 0.1) is 0 Å². The number of nitrogen functional groups attached to an aromatic ring is 1. The number of piperidine rings is 1. The SMILES string of the molecule is Nc1cccc(Cc2nccn2C2CCNCC2)c1. The number of nitrogens with zero attached hydrogens (tertiary/aromatic N) is 2. The maximum Gasteiger partial charge on any atom is 0.113 e. The molecule has 4 nitrogen and oxygen atoms in total. The Labute approximate surface area is 113 Å². The minimum Gasteiger partial charge on any atom is -0.399 e. The van der Waals surface area contributed by atoms with Gasteiger partial charge in [0.05, 0.1) is 0 Å². The van der Waals surface area contributed by atoms with Crippen LogP contribution in [0.2, 0.25) is 0 Å². The molecule has 1 saturated heterocycles. The zero-order chi connectivity index (χ0) is 13.1. The Morgan fingerprint density at radius 3 is 2.95 bits per heavy atom. The minimum absolute atomic E-state index is 0.583. The van der Waals surface area contributed by atoms with Gasteiger partial charge in [-0.05, 0) is 43.6 Å². The van der Waals surface area contributed by atoms with Crippen LogP contribution in [0.25, 0.3) is 0 Å². The molecule has 1 fully saturated rings. The van der Waals surface area contributed by atoms with Gasteiger partial charge in [0, 0.05) is 30.5 Å². The molecule has 1 aromatic carbocycles. The fraction of sp³-hybridized carbons (Fsp3) is 0.400. The van der Waals surface area contributed by atoms with Crippen molar-refractivity contribution in [1.29, 1.82) is 0 Å². The van der Waals surface area contributed by atoms with Crippen LogP contribution >= 0.6 is 0 Å². The van der Waals surface area contributed by atoms with Crippen molar-refractivity contribution < 1.29 is 0 Å². The lowest BCUT2D eigenvalue weighted by Gasteiger charge is -2.25. The average molecular weight is 256 g/mol. The predicted molar refractivity (Wildman–Crippen MR) is 77.0 cm³/mol. The van der Waals surface area contributed by atoms with Crippen molar-refractivity contribution in [2.75, 3.05) is 18.8 Å². The second-order valence-corrected chi connectivity index (χ2v) is 5.15. The maximum atomic E-state index is 5.83. The van der Waals surface area contributed by atoms with Gasteiger partial charge in [-0.15, -0.1) is 0 Å². The van der Waals surface area contributed by atoms with Crippen LogP contribution in [0.1, 0.15) is 30.3 Å². The molecule has 1 aliphatic heterocycles. The number of hydrogen-bond acceptors (Lipinski definition) is 3. The molecule has 2 heterocycles. The molecule has 0 bridgehead atoms. The Balaban J connectivity index is 1.80. The van der Waals surface area contributed by atoms with E-state index >= 15 is 0 Å². The first-order valence-corrected chi connectivity index (χ1v) is 6.90. The number of hydrogen-bond donors (Lipinski definition) is 2. The first-order valence-electron chi connectivity index (χ1n) is 6.90. The molecule has 0 saturated carbocycles. The van der Waals surface area contributed by atoms with Gasteiger partial charge in [0.1, 0.15) is 5.82 Å². The summed E-state index contributed by atoms with van der Waals surface area (Å²) in [5, 5.41) is 3.40. The van der Waals surface area contributed by atoms with Crippen molar-refractivity contribution in [3.63, 3.8) is 0 Å². The predicted octanol–water partition coefficient (Wildman–Crippen LogP) is 1.98. The molecule has 3 N–H and O–H groups in total. The van der Waals surface area contributed by atoms with Crippen molar-refractivity contribution in [1.82, 2.24) is 14.9 Å². The van der Waals surface area contributed by atoms with Crippen LogP contribution in [-0.2, 0) is 6.42 Å². The zero-order valence-electron chi connectivity index (χ0n) is 11.0. The third kappa shape index (κ3) is 2.79. The fourth-order valence-corrected chi connectivity index (χ4v) is 2.78. The fourth-order valence-electron chi connectivity index (χ4n) is 2.78. The van der Waals surface area contributed by atoms with Crippen molar-refractivity contribution in [3.05, 3.63) is 48.0 Å². The first kappa shape index (κ1) is 12.2. The molecule has 0 aliphatic carbocycles. The van der Waals surface area contributed by atoms with Gasteiger partial charge in [-0.25, -0.2) is 4.98 Å². The molecule has 1 aliphatic rings. The third-order valence-corrected chi connectivity index (χ3v) is 3.76. The van der Waals surface area contributed by atoms with Crippen LogP contribution in [0.3, 0.4) is 0 Å². The van der Waals surface area contributed by atoms with Gasteiger partial charge >= 0.3 is 0 Å². The summed E-state index contributed by atoms with van der Waals surface area (Å²) in [6, 6.07) is 8.64. The number of aromatic nitrogens is 2. The number of imidazole rings is 1. The maximum absolute atomic E-state index is 5.83. The molecule has 100 valence electrons. The van der Waals surface area contributed by atoms with Crippen molar-refractivity contribution in [2.24, 2.45) is 0 Å². The van der Waals surface area contributed by atoms with Gasteiger partial charge in [0.2, 0.25) is 0 Å². The van der Waals surface area contributed by atoms with Gasteiger partial charge in [-0.2, -0.15) is 0 Å². The van der Waals surface area contributed by atoms with E-state index in [4.69, 9.17) is 5.73 Å². The number of nitrogens with two attached hydrogens (primary N) is 1. The largest absolute Gasteiger partial charge is 0.399 e. The zero-order valence-corrected chi connectivity index (χ0v) is 11.0. The highest BCUT2D eigenvalue weighted by Gasteiger charge is 2.17. The summed E-state index contributed by atoms with van der Waals surface area (Å²) in [5.74, 6) is 1.14. The lowest BCUT2D eigenvalue weighted by Crippen LogP contribution is -2.29. The Hall–Kier alpha value is -1.81. The Morgan fingerprint density at radius 1 is 1.32 bits per heavy atom. The molecule has 0 unspecified atom stereocenters. The van der Waals surface area contributed by atoms with E-state index in [1.165, 1.54) is 18.4 Å². The third-order valence-electron chi connectivity index (χ3n) is 3.76. The molecule has 0 atom stereocenters. The standard InChI is InChI=1S/C15H20N4/c16-13-3-1-2-12(10-13)11-15-18-8-9-19(15)14-4-6-17-7-5-14/h1-3,8-10,14,17H,4-7,11,16H2. The second-order valence-electron chi connectivity index (χ2n) is 5.15. The lowest BCUT2D eigenvalue weighted by atomic mass is 10.1. The molecule has 0 amide bonds. The van der Waals surface area contributed by atoms with Gasteiger partial charge < -0.3 is 15.6 Å². The highest BCUT2D eigenvalue weighted by atomic mass is 15.1. The molecule has 19 heavy (non-hydrogen) atoms. The molecular weight excluding hydrogens is 236 g/mol. The number of anilines is 1. The van der Waals surface area contributed by atoms with E-state index in [-0.39, 0.29) is 0 Å². The van der Waals surface area contributed by atoms with Crippen LogP contribution in [0.5, 0.6) is 0 Å². The van der Waals surface area contributed by atoms with Crippen LogP contribution in [-0.4, -0.2) is 22.6 Å². The average Bonchev–Trinajstić information content (AvgIpc) is 2.88. The Kier molecular flexibility index (Phi) is 3.51. The Bertz CT molecular complexity index is 541. The smallest absolute Gasteiger partial charge is 0.113 e. The number of nitrogens with one attached hydrogen (secondary N) is 1. The number of benzene rings is 1. The quantitative estimate of drug-likeness (QED) is 0.826. The molecule has 4 heteroatoms. The van der Waals surface area contributed by atoms with Gasteiger partial charge in [0.25, 0.3) is 0 Å². The van der Waals surface area contributed by atoms with Crippen molar-refractivity contribution in [3.8, 4) is 0 Å². The van der Waals surface area contributed by atoms with E-state index in [0.717, 1.165) is 31.0 Å². The number of rotatable bonds is 3. The second kappa shape index (κ2) is 5.45. The molecule has 3 rings (SSSR count). The van der Waals surface area contributed by atoms with Gasteiger partial charge in [-0.3, -0.25) is 0 Å². The van der Waals surface area contributed by atoms with Crippen molar-refractivity contribution >= 4 is 5.69 Å². The topological polar surface area (TPSA) is 55.9 Å². The summed E-state index contributed by atoms with van der Waals surface area (Å²) in [5.41, 5.74) is 7.87. The lowest BCUT2D eigenvalue weighted by molar-refractivity contribution is 0.361. The van der Waals surface area contributed by atoms with E-state index in [1.807, 2.05) is 24.4 Å². The monoisotopic (exact) mass is 256 g/mol. The summed E-state index contributed by atoms with van der Waals surface area (Å²) in [4.78, 5) is 4.52. The highest BCUT2D eigenvalue weighted by Crippen LogP contribution is 2.21. The van der Waals surface area contributed by atoms with Gasteiger partial charge in [0.15, 0.2) is 0 Å². The van der Waals surface area contributed by atoms with Crippen LogP contribution < -0.4 is 11.1 Å². The van der Waals surface area contributed by atoms with E-state index in [0.29, 0.717) is 6.04 Å². The van der Waals surface area contributed by atoms with Gasteiger partial charge in [-0.1, -0.05) is 12.1 Å². The summed E-state index contributed by atoms with van der Waals surface area (Å²) in [6.07, 6.45) is 7.23. The first-order chi connectivity index (χ1) is 9.33. The summed E-state index contributed by atoms with van der Waals surface area (Å²) < 4.78 is 2.34. The van der Waals surface area contributed by atoms with E-state index < -0.39 is 0 Å². The molecule has 2 aromatic rings. The van der Waals surface area contributed by atoms with E-state index in [1.54, 1.807) is 0 Å². The van der Waals surface area contributed by atoms with Crippen LogP contribution in [0.4, 0.5) is 5.69 Å². The van der Waals surface area contributed by atoms with E-state index in [9.17, 15) is 0 Å². The van der Waals surface area contributed by atoms with Crippen molar-refractivity contribution in [2.45, 2.75) is 25.3 Å². The minimum atomic E-state index is 0.583. The van der Waals surface area contributed by atoms with Crippen LogP contribution in [0.15, 0.2) is 36.7 Å².